The van der Waals surface area contributed by atoms with Gasteiger partial charge in [-0.3, -0.25) is 4.79 Å². The van der Waals surface area contributed by atoms with Crippen molar-refractivity contribution in [1.29, 1.82) is 0 Å². The smallest absolute Gasteiger partial charge is 0.332 e. The highest BCUT2D eigenvalue weighted by Crippen LogP contribution is 2.37. The lowest BCUT2D eigenvalue weighted by Gasteiger charge is -2.31. The van der Waals surface area contributed by atoms with Crippen LogP contribution in [0.2, 0.25) is 0 Å². The van der Waals surface area contributed by atoms with Crippen molar-refractivity contribution in [3.05, 3.63) is 35.4 Å². The van der Waals surface area contributed by atoms with Crippen LogP contribution in [0, 0.1) is 0 Å². The second-order valence-electron chi connectivity index (χ2n) is 7.23. The van der Waals surface area contributed by atoms with Crippen molar-refractivity contribution in [2.75, 3.05) is 5.75 Å². The molecule has 134 valence electrons. The van der Waals surface area contributed by atoms with Crippen molar-refractivity contribution < 1.29 is 18.0 Å². The summed E-state index contributed by atoms with van der Waals surface area (Å²) < 4.78 is 38.8. The van der Waals surface area contributed by atoms with E-state index in [1.165, 1.54) is 6.07 Å². The Labute approximate surface area is 145 Å². The van der Waals surface area contributed by atoms with Crippen LogP contribution in [0.15, 0.2) is 24.3 Å². The van der Waals surface area contributed by atoms with Crippen molar-refractivity contribution in [3.63, 3.8) is 0 Å². The van der Waals surface area contributed by atoms with Gasteiger partial charge in [-0.15, -0.1) is 11.8 Å². The van der Waals surface area contributed by atoms with E-state index < -0.39 is 11.7 Å². The Morgan fingerprint density at radius 1 is 1.29 bits per heavy atom. The largest absolute Gasteiger partial charge is 0.416 e. The molecule has 1 aromatic carbocycles. The predicted molar refractivity (Wildman–Crippen MR) is 91.9 cm³/mol. The molecule has 0 spiro atoms. The number of hydrogen-bond acceptors (Lipinski definition) is 2. The summed E-state index contributed by atoms with van der Waals surface area (Å²) in [6.07, 6.45) is -2.52. The Bertz CT molecular complexity index is 591. The van der Waals surface area contributed by atoms with Gasteiger partial charge in [-0.1, -0.05) is 32.9 Å². The summed E-state index contributed by atoms with van der Waals surface area (Å²) in [5.74, 6) is 0.353. The molecule has 0 saturated heterocycles. The first-order valence-corrected chi connectivity index (χ1v) is 9.10. The van der Waals surface area contributed by atoms with Crippen molar-refractivity contribution in [1.82, 2.24) is 4.90 Å². The molecule has 1 unspecified atom stereocenters. The molecule has 0 aliphatic heterocycles. The van der Waals surface area contributed by atoms with Crippen LogP contribution in [0.5, 0.6) is 0 Å². The molecule has 0 aromatic heterocycles. The number of thioether (sulfide) groups is 1. The number of amides is 1. The Balaban J connectivity index is 2.18. The molecule has 0 radical (unpaired) electrons. The number of carbonyl (C=O) groups is 1. The van der Waals surface area contributed by atoms with E-state index in [4.69, 9.17) is 0 Å². The normalized spacial score (nSPS) is 16.8. The van der Waals surface area contributed by atoms with E-state index in [0.29, 0.717) is 11.3 Å². The van der Waals surface area contributed by atoms with Gasteiger partial charge in [0, 0.05) is 10.8 Å². The van der Waals surface area contributed by atoms with Crippen LogP contribution in [0.25, 0.3) is 0 Å². The third kappa shape index (κ3) is 5.16. The minimum atomic E-state index is -4.37. The molecule has 1 amide bonds. The number of halogens is 3. The molecule has 2 nitrogen and oxygen atoms in total. The van der Waals surface area contributed by atoms with Gasteiger partial charge >= 0.3 is 6.18 Å². The molecular formula is C18H24F3NOS. The van der Waals surface area contributed by atoms with Gasteiger partial charge in [0.2, 0.25) is 5.91 Å². The van der Waals surface area contributed by atoms with Crippen LogP contribution in [-0.2, 0) is 11.0 Å². The molecule has 6 heteroatoms. The summed E-state index contributed by atoms with van der Waals surface area (Å²) in [6, 6.07) is 5.10. The van der Waals surface area contributed by atoms with Crippen molar-refractivity contribution >= 4 is 17.7 Å². The van der Waals surface area contributed by atoms with Crippen molar-refractivity contribution in [2.45, 2.75) is 63.5 Å². The number of carbonyl (C=O) groups excluding carboxylic acids is 1. The Hall–Kier alpha value is -1.17. The van der Waals surface area contributed by atoms with Crippen LogP contribution in [0.3, 0.4) is 0 Å². The van der Waals surface area contributed by atoms with Gasteiger partial charge in [-0.05, 0) is 37.5 Å². The lowest BCUT2D eigenvalue weighted by molar-refractivity contribution is -0.137. The lowest BCUT2D eigenvalue weighted by atomic mass is 10.0. The third-order valence-electron chi connectivity index (χ3n) is 3.97. The molecule has 24 heavy (non-hydrogen) atoms. The van der Waals surface area contributed by atoms with Crippen LogP contribution in [0.1, 0.15) is 57.7 Å². The molecule has 1 atom stereocenters. The zero-order valence-electron chi connectivity index (χ0n) is 14.5. The zero-order chi connectivity index (χ0) is 18.1. The second-order valence-corrected chi connectivity index (χ2v) is 9.03. The van der Waals surface area contributed by atoms with E-state index in [1.807, 2.05) is 27.7 Å². The van der Waals surface area contributed by atoms with Gasteiger partial charge in [-0.25, -0.2) is 0 Å². The average molecular weight is 359 g/mol. The van der Waals surface area contributed by atoms with Gasteiger partial charge in [0.05, 0.1) is 17.4 Å². The van der Waals surface area contributed by atoms with E-state index in [-0.39, 0.29) is 22.7 Å². The molecule has 2 rings (SSSR count). The first-order valence-electron chi connectivity index (χ1n) is 8.11. The molecule has 0 N–H and O–H groups in total. The average Bonchev–Trinajstić information content (AvgIpc) is 3.28. The molecule has 1 aliphatic carbocycles. The first-order chi connectivity index (χ1) is 11.0. The Morgan fingerprint density at radius 2 is 1.92 bits per heavy atom. The summed E-state index contributed by atoms with van der Waals surface area (Å²) in [4.78, 5) is 14.4. The van der Waals surface area contributed by atoms with Crippen LogP contribution < -0.4 is 0 Å². The van der Waals surface area contributed by atoms with Crippen LogP contribution >= 0.6 is 11.8 Å². The van der Waals surface area contributed by atoms with E-state index >= 15 is 0 Å². The van der Waals surface area contributed by atoms with Crippen molar-refractivity contribution in [3.8, 4) is 0 Å². The fourth-order valence-corrected chi connectivity index (χ4v) is 3.28. The molecule has 1 saturated carbocycles. The summed E-state index contributed by atoms with van der Waals surface area (Å²) in [7, 11) is 0. The molecule has 1 fully saturated rings. The topological polar surface area (TPSA) is 20.3 Å². The lowest BCUT2D eigenvalue weighted by Crippen LogP contribution is -2.37. The van der Waals surface area contributed by atoms with Crippen molar-refractivity contribution in [2.24, 2.45) is 0 Å². The fourth-order valence-electron chi connectivity index (χ4n) is 2.58. The molecular weight excluding hydrogens is 335 g/mol. The maximum Gasteiger partial charge on any atom is 0.416 e. The van der Waals surface area contributed by atoms with Crippen LogP contribution in [-0.4, -0.2) is 27.3 Å². The highest BCUT2D eigenvalue weighted by Gasteiger charge is 2.37. The maximum atomic E-state index is 12.9. The number of nitrogens with zero attached hydrogens (tertiary/aromatic N) is 1. The van der Waals surface area contributed by atoms with E-state index in [1.54, 1.807) is 22.7 Å². The molecule has 0 bridgehead atoms. The van der Waals surface area contributed by atoms with E-state index in [0.717, 1.165) is 25.0 Å². The molecule has 1 aliphatic rings. The number of rotatable bonds is 5. The Morgan fingerprint density at radius 3 is 2.42 bits per heavy atom. The highest BCUT2D eigenvalue weighted by molar-refractivity contribution is 8.01. The van der Waals surface area contributed by atoms with Gasteiger partial charge in [0.1, 0.15) is 0 Å². The summed E-state index contributed by atoms with van der Waals surface area (Å²) in [6.45, 7) is 7.95. The van der Waals surface area contributed by atoms with Crippen LogP contribution in [0.4, 0.5) is 13.2 Å². The van der Waals surface area contributed by atoms with Gasteiger partial charge in [-0.2, -0.15) is 13.2 Å². The Kier molecular flexibility index (Phi) is 5.57. The summed E-state index contributed by atoms with van der Waals surface area (Å²) in [5, 5.41) is 0. The van der Waals surface area contributed by atoms with Gasteiger partial charge in [0.15, 0.2) is 0 Å². The van der Waals surface area contributed by atoms with E-state index in [9.17, 15) is 18.0 Å². The first kappa shape index (κ1) is 19.2. The van der Waals surface area contributed by atoms with Gasteiger partial charge < -0.3 is 4.90 Å². The summed E-state index contributed by atoms with van der Waals surface area (Å²) >= 11 is 1.56. The number of hydrogen-bond donors (Lipinski definition) is 0. The second kappa shape index (κ2) is 6.98. The quantitative estimate of drug-likeness (QED) is 0.712. The standard InChI is InChI=1S/C18H24F3NOS/c1-12(13-6-5-7-14(10-13)18(19,20)21)22(15-8-9-15)16(23)11-24-17(2,3)4/h5-7,10,12,15H,8-9,11H2,1-4H3. The minimum absolute atomic E-state index is 0.00216. The molecule has 0 heterocycles. The monoisotopic (exact) mass is 359 g/mol. The van der Waals surface area contributed by atoms with Gasteiger partial charge in [0.25, 0.3) is 0 Å². The summed E-state index contributed by atoms with van der Waals surface area (Å²) in [5.41, 5.74) is -0.134. The van der Waals surface area contributed by atoms with E-state index in [2.05, 4.69) is 0 Å². The SMILES string of the molecule is CC(c1cccc(C(F)(F)F)c1)N(C(=O)CSC(C)(C)C)C1CC1. The third-order valence-corrected chi connectivity index (χ3v) is 5.23. The molecule has 1 aromatic rings. The maximum absolute atomic E-state index is 12.9. The number of alkyl halides is 3. The predicted octanol–water partition coefficient (Wildman–Crippen LogP) is 5.29. The number of benzene rings is 1. The highest BCUT2D eigenvalue weighted by atomic mass is 32.2. The minimum Gasteiger partial charge on any atom is -0.332 e. The fraction of sp³-hybridized carbons (Fsp3) is 0.611. The zero-order valence-corrected chi connectivity index (χ0v) is 15.3.